The molecule has 0 aromatic carbocycles. The number of anilines is 2. The number of rotatable bonds is 3. The molecule has 2 N–H and O–H groups in total. The molecule has 1 aliphatic rings. The normalized spacial score (nSPS) is 18.7. The Hall–Kier alpha value is -2.28. The van der Waals surface area contributed by atoms with E-state index >= 15 is 0 Å². The topological polar surface area (TPSA) is 90.0 Å². The average molecular weight is 314 g/mol. The van der Waals surface area contributed by atoms with Gasteiger partial charge in [-0.15, -0.1) is 0 Å². The fourth-order valence-electron chi connectivity index (χ4n) is 2.77. The second kappa shape index (κ2) is 6.87. The van der Waals surface area contributed by atoms with Gasteiger partial charge in [0.05, 0.1) is 24.6 Å². The van der Waals surface area contributed by atoms with E-state index in [1.807, 2.05) is 26.1 Å². The van der Waals surface area contributed by atoms with Gasteiger partial charge in [0, 0.05) is 43.2 Å². The smallest absolute Gasteiger partial charge is 0.222 e. The zero-order valence-corrected chi connectivity index (χ0v) is 13.6. The van der Waals surface area contributed by atoms with E-state index in [-0.39, 0.29) is 0 Å². The molecule has 0 amide bonds. The van der Waals surface area contributed by atoms with Crippen LogP contribution in [0.2, 0.25) is 0 Å². The minimum atomic E-state index is 0.311. The Morgan fingerprint density at radius 3 is 2.83 bits per heavy atom. The molecule has 3 heterocycles. The molecule has 122 valence electrons. The highest BCUT2D eigenvalue weighted by molar-refractivity contribution is 5.43. The van der Waals surface area contributed by atoms with Gasteiger partial charge in [-0.05, 0) is 20.3 Å². The average Bonchev–Trinajstić information content (AvgIpc) is 2.74. The maximum Gasteiger partial charge on any atom is 0.222 e. The first-order valence-electron chi connectivity index (χ1n) is 7.81. The highest BCUT2D eigenvalue weighted by atomic mass is 16.5. The highest BCUT2D eigenvalue weighted by Crippen LogP contribution is 2.19. The molecule has 2 aromatic heterocycles. The molecule has 23 heavy (non-hydrogen) atoms. The van der Waals surface area contributed by atoms with Crippen molar-refractivity contribution in [2.75, 3.05) is 36.9 Å². The predicted molar refractivity (Wildman–Crippen MR) is 88.2 cm³/mol. The van der Waals surface area contributed by atoms with E-state index in [4.69, 9.17) is 10.5 Å². The third kappa shape index (κ3) is 4.13. The van der Waals surface area contributed by atoms with E-state index in [2.05, 4.69) is 24.8 Å². The molecule has 1 aliphatic heterocycles. The summed E-state index contributed by atoms with van der Waals surface area (Å²) in [5.74, 6) is 1.51. The Bertz CT molecular complexity index is 640. The Balaban J connectivity index is 1.74. The molecule has 1 saturated heterocycles. The van der Waals surface area contributed by atoms with E-state index in [0.717, 1.165) is 42.4 Å². The van der Waals surface area contributed by atoms with E-state index in [9.17, 15) is 0 Å². The molecule has 0 saturated carbocycles. The molecule has 0 spiro atoms. The first kappa shape index (κ1) is 15.6. The molecule has 7 nitrogen and oxygen atoms in total. The van der Waals surface area contributed by atoms with Crippen LogP contribution in [0.25, 0.3) is 0 Å². The van der Waals surface area contributed by atoms with Crippen LogP contribution in [0.5, 0.6) is 0 Å². The van der Waals surface area contributed by atoms with Gasteiger partial charge in [-0.3, -0.25) is 9.97 Å². The fraction of sp³-hybridized carbons (Fsp3) is 0.500. The number of hydrogen-bond acceptors (Lipinski definition) is 7. The molecule has 0 bridgehead atoms. The van der Waals surface area contributed by atoms with Crippen LogP contribution in [0.1, 0.15) is 17.1 Å². The quantitative estimate of drug-likeness (QED) is 0.909. The number of nitrogen functional groups attached to an aromatic ring is 1. The van der Waals surface area contributed by atoms with Crippen LogP contribution in [0.15, 0.2) is 18.5 Å². The van der Waals surface area contributed by atoms with Crippen molar-refractivity contribution in [2.45, 2.75) is 20.3 Å². The SMILES string of the molecule is Cc1cnc(CC2COCCN(c3cc(C)nc(N)n3)C2)cn1. The van der Waals surface area contributed by atoms with Gasteiger partial charge in [-0.25, -0.2) is 4.98 Å². The summed E-state index contributed by atoms with van der Waals surface area (Å²) in [5, 5.41) is 0. The Kier molecular flexibility index (Phi) is 4.66. The lowest BCUT2D eigenvalue weighted by Crippen LogP contribution is -2.32. The molecule has 2 aromatic rings. The molecule has 7 heteroatoms. The largest absolute Gasteiger partial charge is 0.379 e. The molecule has 1 atom stereocenters. The highest BCUT2D eigenvalue weighted by Gasteiger charge is 2.21. The third-order valence-corrected chi connectivity index (χ3v) is 3.85. The second-order valence-corrected chi connectivity index (χ2v) is 5.97. The monoisotopic (exact) mass is 314 g/mol. The van der Waals surface area contributed by atoms with Gasteiger partial charge in [0.25, 0.3) is 0 Å². The number of nitrogens with zero attached hydrogens (tertiary/aromatic N) is 5. The van der Waals surface area contributed by atoms with Crippen molar-refractivity contribution in [3.63, 3.8) is 0 Å². The first-order chi connectivity index (χ1) is 11.1. The van der Waals surface area contributed by atoms with Gasteiger partial charge in [-0.2, -0.15) is 4.98 Å². The Morgan fingerprint density at radius 1 is 1.22 bits per heavy atom. The van der Waals surface area contributed by atoms with Crippen LogP contribution in [-0.4, -0.2) is 46.2 Å². The summed E-state index contributed by atoms with van der Waals surface area (Å²) in [6, 6.07) is 1.96. The first-order valence-corrected chi connectivity index (χ1v) is 7.81. The van der Waals surface area contributed by atoms with Crippen molar-refractivity contribution < 1.29 is 4.74 Å². The maximum atomic E-state index is 5.78. The van der Waals surface area contributed by atoms with E-state index in [0.29, 0.717) is 25.1 Å². The van der Waals surface area contributed by atoms with E-state index < -0.39 is 0 Å². The van der Waals surface area contributed by atoms with Gasteiger partial charge in [0.2, 0.25) is 5.95 Å². The van der Waals surface area contributed by atoms with Gasteiger partial charge in [0.1, 0.15) is 5.82 Å². The standard InChI is InChI=1S/C16H22N6O/c1-11-5-15(21-16(17)20-11)22-3-4-23-10-13(9-22)6-14-8-18-12(2)7-19-14/h5,7-8,13H,3-4,6,9-10H2,1-2H3,(H2,17,20,21). The third-order valence-electron chi connectivity index (χ3n) is 3.85. The summed E-state index contributed by atoms with van der Waals surface area (Å²) in [6.45, 7) is 6.91. The predicted octanol–water partition coefficient (Wildman–Crippen LogP) is 1.16. The van der Waals surface area contributed by atoms with Gasteiger partial charge in [0.15, 0.2) is 0 Å². The maximum absolute atomic E-state index is 5.78. The second-order valence-electron chi connectivity index (χ2n) is 5.97. The van der Waals surface area contributed by atoms with Crippen molar-refractivity contribution in [3.05, 3.63) is 35.5 Å². The minimum absolute atomic E-state index is 0.311. The van der Waals surface area contributed by atoms with Gasteiger partial charge >= 0.3 is 0 Å². The summed E-state index contributed by atoms with van der Waals surface area (Å²) in [5.41, 5.74) is 8.57. The number of hydrogen-bond donors (Lipinski definition) is 1. The lowest BCUT2D eigenvalue weighted by molar-refractivity contribution is 0.123. The summed E-state index contributed by atoms with van der Waals surface area (Å²) >= 11 is 0. The Morgan fingerprint density at radius 2 is 2.09 bits per heavy atom. The number of aryl methyl sites for hydroxylation is 2. The van der Waals surface area contributed by atoms with Crippen molar-refractivity contribution in [1.82, 2.24) is 19.9 Å². The lowest BCUT2D eigenvalue weighted by Gasteiger charge is -2.24. The lowest BCUT2D eigenvalue weighted by atomic mass is 10.0. The van der Waals surface area contributed by atoms with Crippen LogP contribution in [0, 0.1) is 19.8 Å². The van der Waals surface area contributed by atoms with E-state index in [1.54, 1.807) is 6.20 Å². The summed E-state index contributed by atoms with van der Waals surface area (Å²) in [4.78, 5) is 19.5. The number of nitrogens with two attached hydrogens (primary N) is 1. The van der Waals surface area contributed by atoms with Crippen molar-refractivity contribution in [2.24, 2.45) is 5.92 Å². The zero-order chi connectivity index (χ0) is 16.2. The van der Waals surface area contributed by atoms with Crippen LogP contribution >= 0.6 is 0 Å². The summed E-state index contributed by atoms with van der Waals surface area (Å²) in [7, 11) is 0. The molecular weight excluding hydrogens is 292 g/mol. The van der Waals surface area contributed by atoms with Crippen molar-refractivity contribution >= 4 is 11.8 Å². The molecule has 0 aliphatic carbocycles. The van der Waals surface area contributed by atoms with Crippen molar-refractivity contribution in [3.8, 4) is 0 Å². The molecule has 1 unspecified atom stereocenters. The summed E-state index contributed by atoms with van der Waals surface area (Å²) in [6.07, 6.45) is 4.49. The zero-order valence-electron chi connectivity index (χ0n) is 13.6. The number of ether oxygens (including phenoxy) is 1. The Labute approximate surface area is 135 Å². The minimum Gasteiger partial charge on any atom is -0.379 e. The molecule has 3 rings (SSSR count). The van der Waals surface area contributed by atoms with Crippen LogP contribution in [-0.2, 0) is 11.2 Å². The van der Waals surface area contributed by atoms with Crippen LogP contribution in [0.3, 0.4) is 0 Å². The molecular formula is C16H22N6O. The van der Waals surface area contributed by atoms with Crippen LogP contribution < -0.4 is 10.6 Å². The van der Waals surface area contributed by atoms with Crippen molar-refractivity contribution in [1.29, 1.82) is 0 Å². The van der Waals surface area contributed by atoms with Gasteiger partial charge in [-0.1, -0.05) is 0 Å². The van der Waals surface area contributed by atoms with E-state index in [1.165, 1.54) is 0 Å². The summed E-state index contributed by atoms with van der Waals surface area (Å²) < 4.78 is 5.75. The fourth-order valence-corrected chi connectivity index (χ4v) is 2.77. The van der Waals surface area contributed by atoms with Crippen LogP contribution in [0.4, 0.5) is 11.8 Å². The molecule has 1 fully saturated rings. The number of aromatic nitrogens is 4. The van der Waals surface area contributed by atoms with Gasteiger partial charge < -0.3 is 15.4 Å². The molecule has 0 radical (unpaired) electrons.